The van der Waals surface area contributed by atoms with Crippen molar-refractivity contribution in [2.24, 2.45) is 10.4 Å². The minimum atomic E-state index is -0.365. The molecule has 0 aliphatic heterocycles. The molecule has 1 amide bonds. The summed E-state index contributed by atoms with van der Waals surface area (Å²) < 4.78 is 0. The molecule has 0 radical (unpaired) electrons. The second-order valence-corrected chi connectivity index (χ2v) is 4.82. The van der Waals surface area contributed by atoms with Crippen molar-refractivity contribution in [3.8, 4) is 12.3 Å². The molecule has 0 aromatic rings. The van der Waals surface area contributed by atoms with E-state index in [-0.39, 0.29) is 11.3 Å². The van der Waals surface area contributed by atoms with Gasteiger partial charge in [-0.1, -0.05) is 26.7 Å². The quantitative estimate of drug-likeness (QED) is 0.286. The van der Waals surface area contributed by atoms with Crippen molar-refractivity contribution in [3.05, 3.63) is 0 Å². The zero-order valence-corrected chi connectivity index (χ0v) is 11.8. The highest BCUT2D eigenvalue weighted by Gasteiger charge is 2.19. The maximum Gasteiger partial charge on any atom is 0.225 e. The monoisotopic (exact) mass is 252 g/mol. The van der Waals surface area contributed by atoms with E-state index >= 15 is 0 Å². The Hall–Kier alpha value is -1.70. The molecule has 0 rings (SSSR count). The van der Waals surface area contributed by atoms with Crippen molar-refractivity contribution in [3.63, 3.8) is 0 Å². The van der Waals surface area contributed by atoms with E-state index in [2.05, 4.69) is 26.9 Å². The zero-order chi connectivity index (χ0) is 14.0. The van der Waals surface area contributed by atoms with Crippen molar-refractivity contribution in [2.45, 2.75) is 27.7 Å². The average molecular weight is 252 g/mol. The Morgan fingerprint density at radius 1 is 1.28 bits per heavy atom. The predicted molar refractivity (Wildman–Crippen MR) is 75.3 cm³/mol. The summed E-state index contributed by atoms with van der Waals surface area (Å²) in [4.78, 5) is 15.9. The van der Waals surface area contributed by atoms with E-state index < -0.39 is 0 Å². The molecule has 5 heteroatoms. The maximum absolute atomic E-state index is 11.6. The first-order chi connectivity index (χ1) is 8.41. The van der Waals surface area contributed by atoms with Crippen molar-refractivity contribution in [1.29, 1.82) is 0 Å². The molecule has 0 saturated carbocycles. The van der Waals surface area contributed by atoms with Crippen LogP contribution in [0.3, 0.4) is 0 Å². The highest BCUT2D eigenvalue weighted by Crippen LogP contribution is 2.11. The number of amides is 1. The van der Waals surface area contributed by atoms with Gasteiger partial charge >= 0.3 is 0 Å². The predicted octanol–water partition coefficient (Wildman–Crippen LogP) is 0.337. The highest BCUT2D eigenvalue weighted by atomic mass is 16.2. The molecule has 0 saturated heterocycles. The topological polar surface area (TPSA) is 65.5 Å². The molecular formula is C13H24N4O. The fourth-order valence-corrected chi connectivity index (χ4v) is 1.08. The van der Waals surface area contributed by atoms with E-state index in [0.29, 0.717) is 25.6 Å². The van der Waals surface area contributed by atoms with Crippen LogP contribution in [0.25, 0.3) is 0 Å². The summed E-state index contributed by atoms with van der Waals surface area (Å²) in [5.41, 5.74) is -0.365. The summed E-state index contributed by atoms with van der Waals surface area (Å²) >= 11 is 0. The summed E-state index contributed by atoms with van der Waals surface area (Å²) in [6.07, 6.45) is 5.16. The number of hydrogen-bond acceptors (Lipinski definition) is 2. The third-order valence-corrected chi connectivity index (χ3v) is 2.05. The molecule has 0 aliphatic carbocycles. The fourth-order valence-electron chi connectivity index (χ4n) is 1.08. The van der Waals surface area contributed by atoms with E-state index in [4.69, 9.17) is 6.42 Å². The highest BCUT2D eigenvalue weighted by molar-refractivity contribution is 5.81. The van der Waals surface area contributed by atoms with Crippen LogP contribution in [0.5, 0.6) is 0 Å². The summed E-state index contributed by atoms with van der Waals surface area (Å²) in [5.74, 6) is 3.18. The van der Waals surface area contributed by atoms with E-state index in [1.807, 2.05) is 27.7 Å². The lowest BCUT2D eigenvalue weighted by molar-refractivity contribution is -0.128. The van der Waals surface area contributed by atoms with Crippen LogP contribution in [0.2, 0.25) is 0 Å². The normalized spacial score (nSPS) is 11.6. The number of nitrogens with one attached hydrogen (secondary N) is 3. The van der Waals surface area contributed by atoms with Crippen LogP contribution in [-0.2, 0) is 4.79 Å². The molecule has 102 valence electrons. The average Bonchev–Trinajstić information content (AvgIpc) is 2.29. The van der Waals surface area contributed by atoms with E-state index in [1.54, 1.807) is 0 Å². The van der Waals surface area contributed by atoms with Crippen LogP contribution in [0.1, 0.15) is 27.7 Å². The first kappa shape index (κ1) is 16.3. The first-order valence-corrected chi connectivity index (χ1v) is 6.15. The molecular weight excluding hydrogens is 228 g/mol. The first-order valence-electron chi connectivity index (χ1n) is 6.15. The van der Waals surface area contributed by atoms with Gasteiger partial charge in [-0.05, 0) is 6.92 Å². The zero-order valence-electron chi connectivity index (χ0n) is 11.8. The number of carbonyl (C=O) groups excluding carboxylic acids is 1. The van der Waals surface area contributed by atoms with Gasteiger partial charge < -0.3 is 16.0 Å². The molecule has 0 bridgehead atoms. The Bertz CT molecular complexity index is 323. The molecule has 5 nitrogen and oxygen atoms in total. The molecule has 0 aromatic carbocycles. The molecule has 0 aromatic heterocycles. The van der Waals surface area contributed by atoms with Gasteiger partial charge in [0, 0.05) is 18.5 Å². The number of hydrogen-bond donors (Lipinski definition) is 3. The largest absolute Gasteiger partial charge is 0.357 e. The van der Waals surface area contributed by atoms with E-state index in [1.165, 1.54) is 0 Å². The molecule has 0 spiro atoms. The number of carbonyl (C=O) groups is 1. The summed E-state index contributed by atoms with van der Waals surface area (Å²) in [5, 5.41) is 8.88. The summed E-state index contributed by atoms with van der Waals surface area (Å²) in [7, 11) is 0. The van der Waals surface area contributed by atoms with Gasteiger partial charge in [-0.2, -0.15) is 0 Å². The summed E-state index contributed by atoms with van der Waals surface area (Å²) in [6.45, 7) is 9.85. The molecule has 0 atom stereocenters. The van der Waals surface area contributed by atoms with E-state index in [0.717, 1.165) is 6.54 Å². The second kappa shape index (κ2) is 8.40. The number of nitrogens with zero attached hydrogens (tertiary/aromatic N) is 1. The van der Waals surface area contributed by atoms with E-state index in [9.17, 15) is 4.79 Å². The SMILES string of the molecule is C#CCNC(=NCCNC(=O)C(C)(C)C)NCC. The summed E-state index contributed by atoms with van der Waals surface area (Å²) in [6, 6.07) is 0. The molecule has 0 unspecified atom stereocenters. The van der Waals surface area contributed by atoms with Gasteiger partial charge in [0.05, 0.1) is 13.1 Å². The molecule has 0 fully saturated rings. The van der Waals surface area contributed by atoms with Crippen LogP contribution in [0.4, 0.5) is 0 Å². The van der Waals surface area contributed by atoms with Crippen molar-refractivity contribution in [1.82, 2.24) is 16.0 Å². The van der Waals surface area contributed by atoms with Crippen molar-refractivity contribution in [2.75, 3.05) is 26.2 Å². The number of aliphatic imine (C=N–C) groups is 1. The lowest BCUT2D eigenvalue weighted by Crippen LogP contribution is -2.39. The van der Waals surface area contributed by atoms with Gasteiger partial charge in [-0.15, -0.1) is 6.42 Å². The van der Waals surface area contributed by atoms with Crippen molar-refractivity contribution >= 4 is 11.9 Å². The second-order valence-electron chi connectivity index (χ2n) is 4.82. The molecule has 18 heavy (non-hydrogen) atoms. The van der Waals surface area contributed by atoms with Crippen LogP contribution in [-0.4, -0.2) is 38.0 Å². The Morgan fingerprint density at radius 2 is 1.94 bits per heavy atom. The Balaban J connectivity index is 4.03. The fraction of sp³-hybridized carbons (Fsp3) is 0.692. The lowest BCUT2D eigenvalue weighted by atomic mass is 9.96. The smallest absolute Gasteiger partial charge is 0.225 e. The number of guanidine groups is 1. The van der Waals surface area contributed by atoms with Gasteiger partial charge in [-0.25, -0.2) is 0 Å². The van der Waals surface area contributed by atoms with Gasteiger partial charge in [0.1, 0.15) is 0 Å². The lowest BCUT2D eigenvalue weighted by Gasteiger charge is -2.17. The van der Waals surface area contributed by atoms with Gasteiger partial charge in [0.25, 0.3) is 0 Å². The number of rotatable bonds is 5. The van der Waals surface area contributed by atoms with Crippen LogP contribution < -0.4 is 16.0 Å². The Labute approximate surface area is 110 Å². The third kappa shape index (κ3) is 7.55. The minimum Gasteiger partial charge on any atom is -0.357 e. The van der Waals surface area contributed by atoms with Gasteiger partial charge in [-0.3, -0.25) is 9.79 Å². The maximum atomic E-state index is 11.6. The van der Waals surface area contributed by atoms with Crippen LogP contribution >= 0.6 is 0 Å². The molecule has 0 heterocycles. The standard InChI is InChI=1S/C13H24N4O/c1-6-8-16-12(14-7-2)17-10-9-15-11(18)13(3,4)5/h1H,7-10H2,2-5H3,(H,15,18)(H2,14,16,17). The number of terminal acetylenes is 1. The Kier molecular flexibility index (Phi) is 7.61. The molecule has 0 aliphatic rings. The minimum absolute atomic E-state index is 0.0271. The van der Waals surface area contributed by atoms with Crippen molar-refractivity contribution < 1.29 is 4.79 Å². The molecule has 3 N–H and O–H groups in total. The third-order valence-electron chi connectivity index (χ3n) is 2.05. The van der Waals surface area contributed by atoms with Gasteiger partial charge in [0.2, 0.25) is 5.91 Å². The van der Waals surface area contributed by atoms with Crippen LogP contribution in [0, 0.1) is 17.8 Å². The van der Waals surface area contributed by atoms with Gasteiger partial charge in [0.15, 0.2) is 5.96 Å². The van der Waals surface area contributed by atoms with Crippen LogP contribution in [0.15, 0.2) is 4.99 Å². The Morgan fingerprint density at radius 3 is 2.44 bits per heavy atom.